The van der Waals surface area contributed by atoms with Gasteiger partial charge in [0.1, 0.15) is 18.5 Å². The fourth-order valence-electron chi connectivity index (χ4n) is 1.71. The third kappa shape index (κ3) is 4.85. The number of hydrogen-bond acceptors (Lipinski definition) is 4. The maximum atomic E-state index is 9.81. The molecule has 1 atom stereocenters. The molecule has 0 saturated heterocycles. The van der Waals surface area contributed by atoms with Gasteiger partial charge in [-0.3, -0.25) is 4.68 Å². The Kier molecular flexibility index (Phi) is 5.40. The number of aliphatic hydroxyl groups is 1. The average molecular weight is 296 g/mol. The lowest BCUT2D eigenvalue weighted by Crippen LogP contribution is -2.31. The molecule has 0 fully saturated rings. The number of hydrogen-bond donors (Lipinski definition) is 2. The molecule has 1 aromatic heterocycles. The van der Waals surface area contributed by atoms with E-state index in [1.807, 2.05) is 19.3 Å². The minimum atomic E-state index is -0.575. The summed E-state index contributed by atoms with van der Waals surface area (Å²) in [7, 11) is 1.87. The van der Waals surface area contributed by atoms with Crippen molar-refractivity contribution in [3.8, 4) is 5.75 Å². The molecule has 20 heavy (non-hydrogen) atoms. The van der Waals surface area contributed by atoms with Crippen molar-refractivity contribution in [3.05, 3.63) is 47.2 Å². The number of aliphatic hydroxyl groups excluding tert-OH is 1. The molecule has 1 heterocycles. The van der Waals surface area contributed by atoms with Crippen LogP contribution in [-0.4, -0.2) is 34.1 Å². The third-order valence-corrected chi connectivity index (χ3v) is 2.96. The first-order valence-electron chi connectivity index (χ1n) is 6.39. The molecule has 1 aromatic carbocycles. The fourth-order valence-corrected chi connectivity index (χ4v) is 1.83. The molecule has 0 saturated carbocycles. The number of aromatic nitrogens is 2. The normalized spacial score (nSPS) is 12.3. The molecule has 5 nitrogen and oxygen atoms in total. The van der Waals surface area contributed by atoms with Crippen LogP contribution in [0.1, 0.15) is 5.69 Å². The standard InChI is InChI=1S/C14H18ClN3O2/c1-18-7-6-12(17-18)8-16-9-13(19)10-20-14-4-2-11(15)3-5-14/h2-7,13,16,19H,8-10H2,1H3. The third-order valence-electron chi connectivity index (χ3n) is 2.71. The van der Waals surface area contributed by atoms with Crippen LogP contribution in [0, 0.1) is 0 Å². The van der Waals surface area contributed by atoms with Crippen molar-refractivity contribution in [2.45, 2.75) is 12.6 Å². The highest BCUT2D eigenvalue weighted by Crippen LogP contribution is 2.15. The van der Waals surface area contributed by atoms with Gasteiger partial charge in [0.05, 0.1) is 5.69 Å². The zero-order valence-electron chi connectivity index (χ0n) is 11.3. The minimum absolute atomic E-state index is 0.233. The highest BCUT2D eigenvalue weighted by molar-refractivity contribution is 6.30. The number of aryl methyl sites for hydroxylation is 1. The quantitative estimate of drug-likeness (QED) is 0.815. The average Bonchev–Trinajstić information content (AvgIpc) is 2.84. The van der Waals surface area contributed by atoms with Gasteiger partial charge in [-0.2, -0.15) is 5.10 Å². The van der Waals surface area contributed by atoms with Crippen LogP contribution in [0.25, 0.3) is 0 Å². The number of rotatable bonds is 7. The molecule has 0 amide bonds. The van der Waals surface area contributed by atoms with Crippen LogP contribution in [0.2, 0.25) is 5.02 Å². The Labute approximate surface area is 123 Å². The molecule has 108 valence electrons. The Hall–Kier alpha value is -1.56. The van der Waals surface area contributed by atoms with E-state index in [4.69, 9.17) is 16.3 Å². The van der Waals surface area contributed by atoms with Gasteiger partial charge >= 0.3 is 0 Å². The van der Waals surface area contributed by atoms with Crippen LogP contribution in [0.5, 0.6) is 5.75 Å². The summed E-state index contributed by atoms with van der Waals surface area (Å²) < 4.78 is 7.21. The maximum absolute atomic E-state index is 9.81. The number of benzene rings is 1. The van der Waals surface area contributed by atoms with E-state index in [1.54, 1.807) is 28.9 Å². The molecule has 0 bridgehead atoms. The van der Waals surface area contributed by atoms with E-state index in [2.05, 4.69) is 10.4 Å². The topological polar surface area (TPSA) is 59.3 Å². The van der Waals surface area contributed by atoms with Crippen LogP contribution in [-0.2, 0) is 13.6 Å². The molecule has 2 aromatic rings. The summed E-state index contributed by atoms with van der Waals surface area (Å²) >= 11 is 5.78. The lowest BCUT2D eigenvalue weighted by Gasteiger charge is -2.12. The Balaban J connectivity index is 1.65. The Morgan fingerprint density at radius 2 is 2.10 bits per heavy atom. The van der Waals surface area contributed by atoms with Crippen LogP contribution in [0.3, 0.4) is 0 Å². The van der Waals surface area contributed by atoms with Gasteiger partial charge in [-0.25, -0.2) is 0 Å². The van der Waals surface area contributed by atoms with Crippen LogP contribution in [0.15, 0.2) is 36.5 Å². The van der Waals surface area contributed by atoms with Crippen molar-refractivity contribution in [2.24, 2.45) is 7.05 Å². The van der Waals surface area contributed by atoms with Gasteiger partial charge in [0.15, 0.2) is 0 Å². The molecular formula is C14H18ClN3O2. The van der Waals surface area contributed by atoms with Crippen molar-refractivity contribution >= 4 is 11.6 Å². The van der Waals surface area contributed by atoms with Gasteiger partial charge in [0, 0.05) is 31.4 Å². The highest BCUT2D eigenvalue weighted by atomic mass is 35.5. The van der Waals surface area contributed by atoms with Gasteiger partial charge in [-0.05, 0) is 30.3 Å². The van der Waals surface area contributed by atoms with Crippen molar-refractivity contribution in [3.63, 3.8) is 0 Å². The lowest BCUT2D eigenvalue weighted by atomic mass is 10.3. The van der Waals surface area contributed by atoms with E-state index in [0.29, 0.717) is 23.9 Å². The summed E-state index contributed by atoms with van der Waals surface area (Å²) in [4.78, 5) is 0. The van der Waals surface area contributed by atoms with Crippen LogP contribution in [0.4, 0.5) is 0 Å². The van der Waals surface area contributed by atoms with E-state index in [9.17, 15) is 5.11 Å². The molecular weight excluding hydrogens is 278 g/mol. The monoisotopic (exact) mass is 295 g/mol. The van der Waals surface area contributed by atoms with E-state index < -0.39 is 6.10 Å². The molecule has 1 unspecified atom stereocenters. The molecule has 2 rings (SSSR count). The molecule has 0 aliphatic carbocycles. The summed E-state index contributed by atoms with van der Waals surface area (Å²) in [5.74, 6) is 0.693. The Morgan fingerprint density at radius 1 is 1.35 bits per heavy atom. The Bertz CT molecular complexity index is 527. The summed E-state index contributed by atoms with van der Waals surface area (Å²) in [6.07, 6.45) is 1.31. The SMILES string of the molecule is Cn1ccc(CNCC(O)COc2ccc(Cl)cc2)n1. The van der Waals surface area contributed by atoms with Crippen molar-refractivity contribution in [1.29, 1.82) is 0 Å². The first-order valence-corrected chi connectivity index (χ1v) is 6.77. The molecule has 0 radical (unpaired) electrons. The number of ether oxygens (including phenoxy) is 1. The van der Waals surface area contributed by atoms with Gasteiger partial charge in [0.25, 0.3) is 0 Å². The predicted molar refractivity (Wildman–Crippen MR) is 77.9 cm³/mol. The van der Waals surface area contributed by atoms with Crippen LogP contribution < -0.4 is 10.1 Å². The zero-order valence-corrected chi connectivity index (χ0v) is 12.0. The number of nitrogens with one attached hydrogen (secondary N) is 1. The number of nitrogens with zero attached hydrogens (tertiary/aromatic N) is 2. The van der Waals surface area contributed by atoms with E-state index in [-0.39, 0.29) is 6.61 Å². The second-order valence-electron chi connectivity index (χ2n) is 4.53. The Morgan fingerprint density at radius 3 is 2.75 bits per heavy atom. The second-order valence-corrected chi connectivity index (χ2v) is 4.97. The second kappa shape index (κ2) is 7.28. The molecule has 0 aliphatic heterocycles. The summed E-state index contributed by atoms with van der Waals surface area (Å²) in [6.45, 7) is 1.31. The van der Waals surface area contributed by atoms with Crippen molar-refractivity contribution in [2.75, 3.05) is 13.2 Å². The zero-order chi connectivity index (χ0) is 14.4. The van der Waals surface area contributed by atoms with Crippen LogP contribution >= 0.6 is 11.6 Å². The maximum Gasteiger partial charge on any atom is 0.119 e. The van der Waals surface area contributed by atoms with E-state index >= 15 is 0 Å². The fraction of sp³-hybridized carbons (Fsp3) is 0.357. The summed E-state index contributed by atoms with van der Waals surface area (Å²) in [6, 6.07) is 8.99. The van der Waals surface area contributed by atoms with E-state index in [0.717, 1.165) is 5.69 Å². The molecule has 2 N–H and O–H groups in total. The van der Waals surface area contributed by atoms with Crippen molar-refractivity contribution in [1.82, 2.24) is 15.1 Å². The van der Waals surface area contributed by atoms with Gasteiger partial charge in [-0.15, -0.1) is 0 Å². The minimum Gasteiger partial charge on any atom is -0.491 e. The predicted octanol–water partition coefficient (Wildman–Crippen LogP) is 1.60. The molecule has 0 spiro atoms. The number of halogens is 1. The van der Waals surface area contributed by atoms with E-state index in [1.165, 1.54) is 0 Å². The molecule has 0 aliphatic rings. The van der Waals surface area contributed by atoms with Gasteiger partial charge in [-0.1, -0.05) is 11.6 Å². The lowest BCUT2D eigenvalue weighted by molar-refractivity contribution is 0.106. The largest absolute Gasteiger partial charge is 0.491 e. The first-order chi connectivity index (χ1) is 9.63. The smallest absolute Gasteiger partial charge is 0.119 e. The highest BCUT2D eigenvalue weighted by Gasteiger charge is 2.05. The summed E-state index contributed by atoms with van der Waals surface area (Å²) in [5, 5.41) is 17.8. The van der Waals surface area contributed by atoms with Gasteiger partial charge < -0.3 is 15.2 Å². The van der Waals surface area contributed by atoms with Crippen molar-refractivity contribution < 1.29 is 9.84 Å². The first kappa shape index (κ1) is 14.8. The summed E-state index contributed by atoms with van der Waals surface area (Å²) in [5.41, 5.74) is 0.943. The van der Waals surface area contributed by atoms with Gasteiger partial charge in [0.2, 0.25) is 0 Å². The molecule has 6 heteroatoms.